The van der Waals surface area contributed by atoms with Crippen molar-refractivity contribution in [3.8, 4) is 11.4 Å². The second-order valence-corrected chi connectivity index (χ2v) is 6.05. The van der Waals surface area contributed by atoms with E-state index in [1.165, 1.54) is 4.80 Å². The molecule has 0 saturated heterocycles. The highest BCUT2D eigenvalue weighted by Crippen LogP contribution is 2.25. The second-order valence-electron chi connectivity index (χ2n) is 4.80. The molecule has 6 nitrogen and oxygen atoms in total. The lowest BCUT2D eigenvalue weighted by molar-refractivity contribution is -0.117. The molecule has 24 heavy (non-hydrogen) atoms. The Balaban J connectivity index is 1.70. The molecule has 2 aromatic carbocycles. The van der Waals surface area contributed by atoms with Gasteiger partial charge in [0.15, 0.2) is 0 Å². The normalized spacial score (nSPS) is 10.6. The molecule has 0 fully saturated rings. The van der Waals surface area contributed by atoms with Crippen molar-refractivity contribution in [3.63, 3.8) is 0 Å². The highest BCUT2D eigenvalue weighted by molar-refractivity contribution is 6.36. The van der Waals surface area contributed by atoms with Crippen LogP contribution in [0.25, 0.3) is 11.4 Å². The standard InChI is InChI=1S/C15H10Cl3N5O/c16-9-5-6-13(12(18)7-9)19-14(24)8-23-21-15(20-22-23)10-3-1-2-4-11(10)17/h1-7H,8H2,(H,19,24). The largest absolute Gasteiger partial charge is 0.323 e. The Hall–Kier alpha value is -2.15. The molecule has 3 aromatic rings. The van der Waals surface area contributed by atoms with Crippen LogP contribution in [-0.4, -0.2) is 26.1 Å². The fourth-order valence-electron chi connectivity index (χ4n) is 1.97. The molecule has 0 bridgehead atoms. The Kier molecular flexibility index (Phi) is 4.99. The summed E-state index contributed by atoms with van der Waals surface area (Å²) in [6.07, 6.45) is 0. The van der Waals surface area contributed by atoms with Gasteiger partial charge in [-0.2, -0.15) is 4.80 Å². The highest BCUT2D eigenvalue weighted by Gasteiger charge is 2.12. The summed E-state index contributed by atoms with van der Waals surface area (Å²) in [4.78, 5) is 13.3. The summed E-state index contributed by atoms with van der Waals surface area (Å²) in [5.74, 6) is 0.000237. The Morgan fingerprint density at radius 1 is 1.08 bits per heavy atom. The molecule has 1 N–H and O–H groups in total. The number of aromatic nitrogens is 4. The van der Waals surface area contributed by atoms with Crippen molar-refractivity contribution in [3.05, 3.63) is 57.5 Å². The van der Waals surface area contributed by atoms with Crippen molar-refractivity contribution in [1.82, 2.24) is 20.2 Å². The first kappa shape index (κ1) is 16.7. The van der Waals surface area contributed by atoms with Gasteiger partial charge >= 0.3 is 0 Å². The maximum Gasteiger partial charge on any atom is 0.248 e. The van der Waals surface area contributed by atoms with Crippen LogP contribution in [0.5, 0.6) is 0 Å². The number of nitrogens with zero attached hydrogens (tertiary/aromatic N) is 4. The minimum absolute atomic E-state index is 0.115. The van der Waals surface area contributed by atoms with E-state index in [1.807, 2.05) is 6.07 Å². The van der Waals surface area contributed by atoms with Gasteiger partial charge in [-0.25, -0.2) is 0 Å². The number of hydrogen-bond acceptors (Lipinski definition) is 4. The predicted octanol–water partition coefficient (Wildman–Crippen LogP) is 3.94. The van der Waals surface area contributed by atoms with Gasteiger partial charge in [0.25, 0.3) is 0 Å². The van der Waals surface area contributed by atoms with Crippen LogP contribution >= 0.6 is 34.8 Å². The minimum atomic E-state index is -0.345. The summed E-state index contributed by atoms with van der Waals surface area (Å²) in [5, 5.41) is 15.9. The molecule has 0 saturated carbocycles. The number of carbonyl (C=O) groups is 1. The van der Waals surface area contributed by atoms with Crippen molar-refractivity contribution in [2.45, 2.75) is 6.54 Å². The van der Waals surface area contributed by atoms with Crippen LogP contribution in [0.15, 0.2) is 42.5 Å². The second kappa shape index (κ2) is 7.17. The van der Waals surface area contributed by atoms with E-state index in [2.05, 4.69) is 20.7 Å². The highest BCUT2D eigenvalue weighted by atomic mass is 35.5. The van der Waals surface area contributed by atoms with Gasteiger partial charge in [-0.1, -0.05) is 46.9 Å². The molecule has 9 heteroatoms. The third-order valence-corrected chi connectivity index (χ3v) is 3.94. The molecule has 1 heterocycles. The summed E-state index contributed by atoms with van der Waals surface area (Å²) in [6.45, 7) is -0.115. The first-order valence-corrected chi connectivity index (χ1v) is 7.94. The van der Waals surface area contributed by atoms with Crippen molar-refractivity contribution >= 4 is 46.4 Å². The summed E-state index contributed by atoms with van der Waals surface area (Å²) in [6, 6.07) is 11.9. The van der Waals surface area contributed by atoms with Crippen molar-refractivity contribution in [1.29, 1.82) is 0 Å². The molecule has 0 unspecified atom stereocenters. The molecule has 0 aliphatic heterocycles. The number of tetrazole rings is 1. The Morgan fingerprint density at radius 3 is 2.62 bits per heavy atom. The van der Waals surface area contributed by atoms with Gasteiger partial charge in [0.05, 0.1) is 15.7 Å². The number of carbonyl (C=O) groups excluding carboxylic acids is 1. The van der Waals surface area contributed by atoms with E-state index >= 15 is 0 Å². The van der Waals surface area contributed by atoms with Crippen molar-refractivity contribution in [2.24, 2.45) is 0 Å². The zero-order valence-corrected chi connectivity index (χ0v) is 14.3. The summed E-state index contributed by atoms with van der Waals surface area (Å²) in [5.41, 5.74) is 1.10. The number of halogens is 3. The van der Waals surface area contributed by atoms with Gasteiger partial charge in [0.1, 0.15) is 6.54 Å². The zero-order chi connectivity index (χ0) is 17.1. The number of amides is 1. The topological polar surface area (TPSA) is 72.7 Å². The molecule has 0 radical (unpaired) electrons. The van der Waals surface area contributed by atoms with Crippen LogP contribution in [0.3, 0.4) is 0 Å². The lowest BCUT2D eigenvalue weighted by Crippen LogP contribution is -2.20. The molecule has 1 amide bonds. The average molecular weight is 383 g/mol. The number of rotatable bonds is 4. The van der Waals surface area contributed by atoms with Crippen LogP contribution < -0.4 is 5.32 Å². The molecule has 3 rings (SSSR count). The average Bonchev–Trinajstić information content (AvgIpc) is 2.99. The van der Waals surface area contributed by atoms with Crippen LogP contribution in [0, 0.1) is 0 Å². The van der Waals surface area contributed by atoms with Gasteiger partial charge < -0.3 is 5.32 Å². The van der Waals surface area contributed by atoms with Gasteiger partial charge in [-0.3, -0.25) is 4.79 Å². The summed E-state index contributed by atoms with van der Waals surface area (Å²) < 4.78 is 0. The van der Waals surface area contributed by atoms with Gasteiger partial charge in [-0.15, -0.1) is 10.2 Å². The first-order valence-electron chi connectivity index (χ1n) is 6.80. The molecule has 0 atom stereocenters. The van der Waals surface area contributed by atoms with Gasteiger partial charge in [0.2, 0.25) is 11.7 Å². The van der Waals surface area contributed by atoms with E-state index in [0.717, 1.165) is 0 Å². The van der Waals surface area contributed by atoms with Gasteiger partial charge in [0, 0.05) is 10.6 Å². The SMILES string of the molecule is O=C(Cn1nnc(-c2ccccc2Cl)n1)Nc1ccc(Cl)cc1Cl. The third-order valence-electron chi connectivity index (χ3n) is 3.06. The molecule has 1 aromatic heterocycles. The van der Waals surface area contributed by atoms with Crippen LogP contribution in [0.4, 0.5) is 5.69 Å². The van der Waals surface area contributed by atoms with Crippen LogP contribution in [0.1, 0.15) is 0 Å². The van der Waals surface area contributed by atoms with Gasteiger partial charge in [-0.05, 0) is 35.5 Å². The number of nitrogens with one attached hydrogen (secondary N) is 1. The molecule has 0 spiro atoms. The zero-order valence-electron chi connectivity index (χ0n) is 12.1. The number of anilines is 1. The fraction of sp³-hybridized carbons (Fsp3) is 0.0667. The van der Waals surface area contributed by atoms with E-state index in [9.17, 15) is 4.79 Å². The van der Waals surface area contributed by atoms with E-state index in [4.69, 9.17) is 34.8 Å². The van der Waals surface area contributed by atoms with Crippen molar-refractivity contribution in [2.75, 3.05) is 5.32 Å². The summed E-state index contributed by atoms with van der Waals surface area (Å²) in [7, 11) is 0. The quantitative estimate of drug-likeness (QED) is 0.742. The van der Waals surface area contributed by atoms with E-state index in [1.54, 1.807) is 36.4 Å². The maximum atomic E-state index is 12.1. The minimum Gasteiger partial charge on any atom is -0.323 e. The smallest absolute Gasteiger partial charge is 0.248 e. The lowest BCUT2D eigenvalue weighted by atomic mass is 10.2. The molecule has 0 aliphatic carbocycles. The van der Waals surface area contributed by atoms with Crippen LogP contribution in [0.2, 0.25) is 15.1 Å². The molecular formula is C15H10Cl3N5O. The molecule has 0 aliphatic rings. The maximum absolute atomic E-state index is 12.1. The number of hydrogen-bond donors (Lipinski definition) is 1. The lowest BCUT2D eigenvalue weighted by Gasteiger charge is -2.06. The molecular weight excluding hydrogens is 373 g/mol. The first-order chi connectivity index (χ1) is 11.5. The number of benzene rings is 2. The third kappa shape index (κ3) is 3.84. The molecule has 122 valence electrons. The summed E-state index contributed by atoms with van der Waals surface area (Å²) >= 11 is 17.9. The Morgan fingerprint density at radius 2 is 1.88 bits per heavy atom. The Bertz CT molecular complexity index is 896. The Labute approximate surface area is 152 Å². The van der Waals surface area contributed by atoms with E-state index in [0.29, 0.717) is 32.1 Å². The van der Waals surface area contributed by atoms with Crippen LogP contribution in [-0.2, 0) is 11.3 Å². The van der Waals surface area contributed by atoms with Crippen molar-refractivity contribution < 1.29 is 4.79 Å². The fourth-order valence-corrected chi connectivity index (χ4v) is 2.65. The monoisotopic (exact) mass is 381 g/mol. The van der Waals surface area contributed by atoms with E-state index < -0.39 is 0 Å². The predicted molar refractivity (Wildman–Crippen MR) is 93.4 cm³/mol. The van der Waals surface area contributed by atoms with E-state index in [-0.39, 0.29) is 12.5 Å².